The van der Waals surface area contributed by atoms with E-state index in [1.165, 1.54) is 22.9 Å². The summed E-state index contributed by atoms with van der Waals surface area (Å²) in [5, 5.41) is 11.9. The predicted molar refractivity (Wildman–Crippen MR) is 135 cm³/mol. The maximum Gasteiger partial charge on any atom is 0.234 e. The van der Waals surface area contributed by atoms with Crippen LogP contribution in [-0.2, 0) is 16.0 Å². The van der Waals surface area contributed by atoms with Gasteiger partial charge >= 0.3 is 0 Å². The summed E-state index contributed by atoms with van der Waals surface area (Å²) in [5.74, 6) is 0.103. The fraction of sp³-hybridized carbons (Fsp3) is 0.333. The van der Waals surface area contributed by atoms with E-state index in [0.717, 1.165) is 29.3 Å². The lowest BCUT2D eigenvalue weighted by Gasteiger charge is -2.50. The summed E-state index contributed by atoms with van der Waals surface area (Å²) in [4.78, 5) is 26.0. The summed E-state index contributed by atoms with van der Waals surface area (Å²) in [7, 11) is 0. The molecule has 170 valence electrons. The van der Waals surface area contributed by atoms with Crippen LogP contribution in [0.2, 0.25) is 0 Å². The Morgan fingerprint density at radius 2 is 1.85 bits per heavy atom. The summed E-state index contributed by atoms with van der Waals surface area (Å²) in [6.45, 7) is 4.38. The van der Waals surface area contributed by atoms with Gasteiger partial charge in [0.25, 0.3) is 0 Å². The van der Waals surface area contributed by atoms with Crippen LogP contribution in [0.1, 0.15) is 37.4 Å². The van der Waals surface area contributed by atoms with E-state index >= 15 is 0 Å². The summed E-state index contributed by atoms with van der Waals surface area (Å²) in [6.07, 6.45) is 1.84. The minimum Gasteiger partial charge on any atom is -0.331 e. The number of rotatable bonds is 5. The SMILES string of the molecule is CCC1(C)Cc2ccccc2C2NC(SCC(=O)Nc3cccc4ccccc34)NC(=O)C21. The number of anilines is 1. The van der Waals surface area contributed by atoms with E-state index in [9.17, 15) is 9.59 Å². The normalized spacial score (nSPS) is 26.2. The monoisotopic (exact) mass is 459 g/mol. The molecule has 3 N–H and O–H groups in total. The molecular weight excluding hydrogens is 430 g/mol. The molecule has 0 radical (unpaired) electrons. The lowest BCUT2D eigenvalue weighted by molar-refractivity contribution is -0.134. The largest absolute Gasteiger partial charge is 0.331 e. The summed E-state index contributed by atoms with van der Waals surface area (Å²) >= 11 is 1.42. The molecule has 0 saturated carbocycles. The van der Waals surface area contributed by atoms with Crippen molar-refractivity contribution in [1.29, 1.82) is 0 Å². The van der Waals surface area contributed by atoms with E-state index in [2.05, 4.69) is 48.0 Å². The van der Waals surface area contributed by atoms with Crippen LogP contribution < -0.4 is 16.0 Å². The molecule has 0 bridgehead atoms. The lowest BCUT2D eigenvalue weighted by Crippen LogP contribution is -2.61. The number of amides is 2. The third kappa shape index (κ3) is 4.13. The van der Waals surface area contributed by atoms with Crippen LogP contribution in [0.15, 0.2) is 66.7 Å². The van der Waals surface area contributed by atoms with Gasteiger partial charge in [0.2, 0.25) is 11.8 Å². The minimum atomic E-state index is -0.315. The van der Waals surface area contributed by atoms with Gasteiger partial charge in [-0.15, -0.1) is 11.8 Å². The number of benzene rings is 3. The van der Waals surface area contributed by atoms with Crippen LogP contribution in [0, 0.1) is 11.3 Å². The van der Waals surface area contributed by atoms with Crippen molar-refractivity contribution >= 4 is 40.0 Å². The molecule has 0 aromatic heterocycles. The zero-order chi connectivity index (χ0) is 23.0. The maximum atomic E-state index is 13.2. The van der Waals surface area contributed by atoms with Gasteiger partial charge in [-0.2, -0.15) is 0 Å². The number of nitrogens with one attached hydrogen (secondary N) is 3. The molecule has 5 nitrogen and oxygen atoms in total. The zero-order valence-corrected chi connectivity index (χ0v) is 19.7. The van der Waals surface area contributed by atoms with Gasteiger partial charge < -0.3 is 10.6 Å². The second-order valence-electron chi connectivity index (χ2n) is 9.28. The quantitative estimate of drug-likeness (QED) is 0.510. The third-order valence-corrected chi connectivity index (χ3v) is 8.22. The van der Waals surface area contributed by atoms with E-state index in [-0.39, 0.29) is 40.4 Å². The molecule has 4 atom stereocenters. The molecule has 33 heavy (non-hydrogen) atoms. The molecule has 3 aromatic carbocycles. The van der Waals surface area contributed by atoms with Gasteiger partial charge in [-0.3, -0.25) is 14.9 Å². The summed E-state index contributed by atoms with van der Waals surface area (Å²) in [5.41, 5.74) is 2.90. The van der Waals surface area contributed by atoms with Gasteiger partial charge in [0, 0.05) is 17.1 Å². The van der Waals surface area contributed by atoms with Crippen LogP contribution in [0.25, 0.3) is 10.8 Å². The number of hydrogen-bond acceptors (Lipinski definition) is 4. The maximum absolute atomic E-state index is 13.2. The van der Waals surface area contributed by atoms with Gasteiger partial charge in [-0.25, -0.2) is 0 Å². The molecule has 1 aliphatic heterocycles. The van der Waals surface area contributed by atoms with Crippen molar-refractivity contribution in [2.24, 2.45) is 11.3 Å². The Labute approximate surface area is 198 Å². The van der Waals surface area contributed by atoms with Crippen molar-refractivity contribution in [3.63, 3.8) is 0 Å². The first-order valence-corrected chi connectivity index (χ1v) is 12.6. The highest BCUT2D eigenvalue weighted by molar-refractivity contribution is 8.00. The molecule has 1 fully saturated rings. The topological polar surface area (TPSA) is 70.2 Å². The fourth-order valence-corrected chi connectivity index (χ4v) is 6.15. The summed E-state index contributed by atoms with van der Waals surface area (Å²) < 4.78 is 0. The average molecular weight is 460 g/mol. The zero-order valence-electron chi connectivity index (χ0n) is 18.9. The number of thioether (sulfide) groups is 1. The average Bonchev–Trinajstić information content (AvgIpc) is 2.83. The van der Waals surface area contributed by atoms with Gasteiger partial charge in [0.1, 0.15) is 5.50 Å². The molecule has 1 aliphatic carbocycles. The first-order chi connectivity index (χ1) is 16.0. The van der Waals surface area contributed by atoms with Gasteiger partial charge in [-0.05, 0) is 40.8 Å². The predicted octanol–water partition coefficient (Wildman–Crippen LogP) is 4.84. The Balaban J connectivity index is 1.29. The molecule has 1 heterocycles. The van der Waals surface area contributed by atoms with Crippen LogP contribution >= 0.6 is 11.8 Å². The van der Waals surface area contributed by atoms with E-state index in [0.29, 0.717) is 0 Å². The second kappa shape index (κ2) is 8.84. The molecule has 0 spiro atoms. The van der Waals surface area contributed by atoms with Crippen LogP contribution in [-0.4, -0.2) is 23.1 Å². The Kier molecular flexibility index (Phi) is 5.89. The second-order valence-corrected chi connectivity index (χ2v) is 10.4. The molecule has 2 amide bonds. The molecule has 3 aromatic rings. The van der Waals surface area contributed by atoms with E-state index < -0.39 is 0 Å². The van der Waals surface area contributed by atoms with Gasteiger partial charge in [0.15, 0.2) is 0 Å². The Morgan fingerprint density at radius 1 is 1.09 bits per heavy atom. The Morgan fingerprint density at radius 3 is 2.70 bits per heavy atom. The number of fused-ring (bicyclic) bond motifs is 4. The van der Waals surface area contributed by atoms with Gasteiger partial charge in [0.05, 0.1) is 11.7 Å². The van der Waals surface area contributed by atoms with Crippen LogP contribution in [0.3, 0.4) is 0 Å². The highest BCUT2D eigenvalue weighted by Crippen LogP contribution is 2.49. The summed E-state index contributed by atoms with van der Waals surface area (Å²) in [6, 6.07) is 22.3. The highest BCUT2D eigenvalue weighted by atomic mass is 32.2. The Bertz CT molecular complexity index is 1210. The van der Waals surface area contributed by atoms with E-state index in [1.54, 1.807) is 0 Å². The van der Waals surface area contributed by atoms with Crippen molar-refractivity contribution < 1.29 is 9.59 Å². The first kappa shape index (κ1) is 22.0. The van der Waals surface area contributed by atoms with Crippen molar-refractivity contribution in [1.82, 2.24) is 10.6 Å². The van der Waals surface area contributed by atoms with Crippen molar-refractivity contribution in [3.8, 4) is 0 Å². The molecule has 4 unspecified atom stereocenters. The molecule has 6 heteroatoms. The smallest absolute Gasteiger partial charge is 0.234 e. The number of carbonyl (C=O) groups excluding carboxylic acids is 2. The molecular formula is C27H29N3O2S. The minimum absolute atomic E-state index is 0.0488. The fourth-order valence-electron chi connectivity index (χ4n) is 5.32. The van der Waals surface area contributed by atoms with Crippen molar-refractivity contribution in [3.05, 3.63) is 77.9 Å². The van der Waals surface area contributed by atoms with E-state index in [4.69, 9.17) is 0 Å². The third-order valence-electron chi connectivity index (χ3n) is 7.21. The standard InChI is InChI=1S/C27H29N3O2S/c1-3-27(2)15-18-10-5-7-13-20(18)24-23(27)25(32)30-26(29-24)33-16-22(31)28-21-14-8-11-17-9-4-6-12-19(17)21/h4-14,23-24,26,29H,3,15-16H2,1-2H3,(H,28,31)(H,30,32). The molecule has 1 saturated heterocycles. The van der Waals surface area contributed by atoms with Crippen LogP contribution in [0.4, 0.5) is 5.69 Å². The van der Waals surface area contributed by atoms with Gasteiger partial charge in [-0.1, -0.05) is 74.5 Å². The highest BCUT2D eigenvalue weighted by Gasteiger charge is 2.50. The number of carbonyl (C=O) groups is 2. The lowest BCUT2D eigenvalue weighted by atomic mass is 9.61. The first-order valence-electron chi connectivity index (χ1n) is 11.5. The van der Waals surface area contributed by atoms with Crippen molar-refractivity contribution in [2.45, 2.75) is 38.2 Å². The van der Waals surface area contributed by atoms with Crippen LogP contribution in [0.5, 0.6) is 0 Å². The molecule has 2 aliphatic rings. The number of hydrogen-bond donors (Lipinski definition) is 3. The van der Waals surface area contributed by atoms with Crippen molar-refractivity contribution in [2.75, 3.05) is 11.1 Å². The Hall–Kier alpha value is -2.83. The molecule has 5 rings (SSSR count). The van der Waals surface area contributed by atoms with E-state index in [1.807, 2.05) is 48.5 Å².